The summed E-state index contributed by atoms with van der Waals surface area (Å²) >= 11 is 0. The monoisotopic (exact) mass is 1100 g/mol. The van der Waals surface area contributed by atoms with E-state index in [0.717, 1.165) is 81.5 Å². The predicted molar refractivity (Wildman–Crippen MR) is 302 cm³/mol. The molecule has 0 aromatic heterocycles. The number of carbonyl (C=O) groups excluding carboxylic acids is 1. The molecule has 0 aliphatic heterocycles. The fourth-order valence-corrected chi connectivity index (χ4v) is 19.8. The van der Waals surface area contributed by atoms with Crippen molar-refractivity contribution in [2.75, 3.05) is 0 Å². The number of hydrogen-bond acceptors (Lipinski definition) is 6. The number of halogens is 3. The summed E-state index contributed by atoms with van der Waals surface area (Å²) in [4.78, 5) is 12.8. The van der Waals surface area contributed by atoms with Gasteiger partial charge < -0.3 is 25.5 Å². The van der Waals surface area contributed by atoms with Gasteiger partial charge in [-0.05, 0) is 265 Å². The molecule has 6 nitrogen and oxygen atoms in total. The fourth-order valence-electron chi connectivity index (χ4n) is 19.8. The zero-order chi connectivity index (χ0) is 51.7. The normalized spacial score (nSPS) is 41.7. The van der Waals surface area contributed by atoms with Gasteiger partial charge in [0.2, 0.25) is 0 Å². The van der Waals surface area contributed by atoms with Crippen molar-refractivity contribution in [2.24, 2.45) is 105 Å². The third kappa shape index (κ3) is 13.5. The smallest absolute Gasteiger partial charge is 0.870 e. The van der Waals surface area contributed by atoms with E-state index in [1.165, 1.54) is 64.2 Å². The van der Waals surface area contributed by atoms with Crippen LogP contribution in [0.2, 0.25) is 0 Å². The number of esters is 1. The van der Waals surface area contributed by atoms with Crippen molar-refractivity contribution in [1.82, 2.24) is 0 Å². The maximum Gasteiger partial charge on any atom is 1.00 e. The number of aliphatic hydroxyl groups excluding tert-OH is 1. The quantitative estimate of drug-likeness (QED) is 0.142. The molecule has 0 spiro atoms. The second-order valence-electron chi connectivity index (χ2n) is 28.7. The zero-order valence-corrected chi connectivity index (χ0v) is 51.0. The van der Waals surface area contributed by atoms with Crippen molar-refractivity contribution in [3.8, 4) is 0 Å². The maximum absolute atomic E-state index is 13.6. The molecule has 9 rings (SSSR count). The second-order valence-corrected chi connectivity index (χ2v) is 28.7. The predicted octanol–water partition coefficient (Wildman–Crippen LogP) is 14.8. The molecule has 1 aromatic carbocycles. The van der Waals surface area contributed by atoms with Crippen molar-refractivity contribution < 1.29 is 94.9 Å². The third-order valence-electron chi connectivity index (χ3n) is 24.3. The molecular formula is C66H114F3KO6. The SMILES string of the molecule is C.C.C.CC(C)[C@@H](O)CC[C@@H](C)[C@H]1CC[C@H]2[C@@H]3CC[C@H]4C[C@](O)(C(F)(F)F)CC[C@]4(C)[C@H]3CC[C@]12C.CC(C)[C@H](CC[C@@H](C)[C@H]1CC[C@H]2[C@@H]3CC[C@H]4C[C@@](C)(O)CC[C@]4(C)[C@H]3CC[C@]12C)OC(=O)c1ccccc1.[K+].[OH-]. The molecule has 10 heteroatoms. The number of rotatable bonds is 12. The van der Waals surface area contributed by atoms with E-state index in [2.05, 4.69) is 76.2 Å². The second kappa shape index (κ2) is 26.7. The molecule has 8 aliphatic carbocycles. The molecule has 4 N–H and O–H groups in total. The first-order valence-electron chi connectivity index (χ1n) is 29.6. The van der Waals surface area contributed by atoms with Gasteiger partial charge in [0.25, 0.3) is 0 Å². The van der Waals surface area contributed by atoms with Gasteiger partial charge in [0.1, 0.15) is 6.10 Å². The molecule has 0 heterocycles. The van der Waals surface area contributed by atoms with E-state index >= 15 is 0 Å². The van der Waals surface area contributed by atoms with Crippen molar-refractivity contribution >= 4 is 5.97 Å². The van der Waals surface area contributed by atoms with Crippen LogP contribution >= 0.6 is 0 Å². The first kappa shape index (κ1) is 70.2. The van der Waals surface area contributed by atoms with Gasteiger partial charge >= 0.3 is 63.5 Å². The van der Waals surface area contributed by atoms with Gasteiger partial charge in [-0.2, -0.15) is 13.2 Å². The van der Waals surface area contributed by atoms with Crippen LogP contribution < -0.4 is 51.4 Å². The van der Waals surface area contributed by atoms with Gasteiger partial charge in [0.15, 0.2) is 5.60 Å². The summed E-state index contributed by atoms with van der Waals surface area (Å²) in [6.07, 6.45) is 17.7. The number of aliphatic hydroxyl groups is 3. The van der Waals surface area contributed by atoms with Crippen LogP contribution in [0.15, 0.2) is 30.3 Å². The van der Waals surface area contributed by atoms with Crippen LogP contribution in [0.1, 0.15) is 250 Å². The maximum atomic E-state index is 13.6. The summed E-state index contributed by atoms with van der Waals surface area (Å²) in [5, 5.41) is 31.5. The first-order chi connectivity index (χ1) is 33.2. The molecule has 436 valence electrons. The molecule has 0 amide bonds. The van der Waals surface area contributed by atoms with Crippen LogP contribution in [0.25, 0.3) is 0 Å². The Labute approximate surface area is 506 Å². The number of alkyl halides is 3. The summed E-state index contributed by atoms with van der Waals surface area (Å²) in [5.74, 6) is 8.29. The Balaban J connectivity index is 0.000000379. The standard InChI is InChI=1S/C35H54O3.C28H47F3O2.3CH4.K.H2O/c1-23(2)31(38-32(36)25-10-8-7-9-11-25)17-12-24(3)28-15-16-29-27-14-13-26-22-33(4,37)20-21-34(26,5)30(27)18-19-35(28,29)6;1-17(2)24(32)11-6-18(3)21-9-10-22-20-8-7-19-16-27(33,28(29,30)31)15-14-25(19,4)23(20)12-13-26(21,22)5;;;;;/h7-11,23-24,26-31,37H,12-22H2,1-6H3;17-24,32-33H,6-16H2,1-5H3;3*1H4;;1H2/q;;;;;+1;/p-1/t24-,26+,27+,28-,29+,30+,31+,33+,34+,35-;18-,19+,20+,21-,22+,23+,24+,25+,26-,27+;;;;;/m11...../s1. The van der Waals surface area contributed by atoms with Crippen molar-refractivity contribution in [1.29, 1.82) is 0 Å². The minimum absolute atomic E-state index is 0. The minimum Gasteiger partial charge on any atom is -0.870 e. The zero-order valence-electron chi connectivity index (χ0n) is 47.9. The van der Waals surface area contributed by atoms with Gasteiger partial charge in [-0.3, -0.25) is 0 Å². The van der Waals surface area contributed by atoms with Gasteiger partial charge in [-0.1, -0.05) is 110 Å². The molecule has 1 aromatic rings. The molecule has 0 radical (unpaired) electrons. The number of fused-ring (bicyclic) bond motifs is 10. The molecule has 0 unspecified atom stereocenters. The Hall–Kier alpha value is -0.0436. The molecular weight excluding hydrogens is 985 g/mol. The topological polar surface area (TPSA) is 117 Å². The third-order valence-corrected chi connectivity index (χ3v) is 24.3. The van der Waals surface area contributed by atoms with Crippen molar-refractivity contribution in [2.45, 2.75) is 269 Å². The van der Waals surface area contributed by atoms with Gasteiger partial charge in [-0.25, -0.2) is 4.79 Å². The van der Waals surface area contributed by atoms with E-state index in [-0.39, 0.29) is 121 Å². The molecule has 0 bridgehead atoms. The van der Waals surface area contributed by atoms with Gasteiger partial charge in [-0.15, -0.1) is 0 Å². The van der Waals surface area contributed by atoms with Crippen LogP contribution in [-0.4, -0.2) is 56.4 Å². The molecule has 8 saturated carbocycles. The van der Waals surface area contributed by atoms with Crippen LogP contribution in [0.4, 0.5) is 13.2 Å². The average Bonchev–Trinajstić information content (AvgIpc) is 3.86. The summed E-state index contributed by atoms with van der Waals surface area (Å²) in [5.41, 5.74) is -1.12. The van der Waals surface area contributed by atoms with Crippen molar-refractivity contribution in [3.63, 3.8) is 0 Å². The Morgan fingerprint density at radius 1 is 0.579 bits per heavy atom. The summed E-state index contributed by atoms with van der Waals surface area (Å²) in [6.45, 7) is 25.5. The molecule has 20 atom stereocenters. The largest absolute Gasteiger partial charge is 1.00 e. The van der Waals surface area contributed by atoms with Crippen molar-refractivity contribution in [3.05, 3.63) is 35.9 Å². The number of carbonyl (C=O) groups is 1. The molecule has 76 heavy (non-hydrogen) atoms. The van der Waals surface area contributed by atoms with Gasteiger partial charge in [0, 0.05) is 0 Å². The number of hydrogen-bond donors (Lipinski definition) is 3. The Kier molecular flexibility index (Phi) is 24.7. The minimum atomic E-state index is -4.52. The van der Waals surface area contributed by atoms with Crippen LogP contribution in [-0.2, 0) is 4.74 Å². The average molecular weight is 1100 g/mol. The van der Waals surface area contributed by atoms with Crippen LogP contribution in [0, 0.1) is 105 Å². The Bertz CT molecular complexity index is 1960. The summed E-state index contributed by atoms with van der Waals surface area (Å²) in [7, 11) is 0. The molecule has 8 fully saturated rings. The van der Waals surface area contributed by atoms with Crippen LogP contribution in [0.5, 0.6) is 0 Å². The Morgan fingerprint density at radius 3 is 1.49 bits per heavy atom. The van der Waals surface area contributed by atoms with E-state index in [1.807, 2.05) is 30.3 Å². The summed E-state index contributed by atoms with van der Waals surface area (Å²) < 4.78 is 46.8. The van der Waals surface area contributed by atoms with E-state index in [1.54, 1.807) is 0 Å². The number of benzene rings is 1. The first-order valence-corrected chi connectivity index (χ1v) is 29.6. The summed E-state index contributed by atoms with van der Waals surface area (Å²) in [6, 6.07) is 9.44. The van der Waals surface area contributed by atoms with E-state index in [9.17, 15) is 33.3 Å². The van der Waals surface area contributed by atoms with Gasteiger partial charge in [0.05, 0.1) is 17.3 Å². The molecule has 0 saturated heterocycles. The number of ether oxygens (including phenoxy) is 1. The van der Waals surface area contributed by atoms with E-state index in [4.69, 9.17) is 4.74 Å². The fraction of sp³-hybridized carbons (Fsp3) is 0.894. The van der Waals surface area contributed by atoms with Crippen LogP contribution in [0.3, 0.4) is 0 Å². The Morgan fingerprint density at radius 2 is 1.03 bits per heavy atom. The van der Waals surface area contributed by atoms with E-state index < -0.39 is 17.4 Å². The van der Waals surface area contributed by atoms with E-state index in [0.29, 0.717) is 81.5 Å². The molecule has 8 aliphatic rings.